The van der Waals surface area contributed by atoms with E-state index in [1.54, 1.807) is 12.1 Å². The van der Waals surface area contributed by atoms with E-state index in [1.165, 1.54) is 16.7 Å². The van der Waals surface area contributed by atoms with E-state index >= 15 is 0 Å². The SMILES string of the molecule is C=CC(=O)Oc1ccc(/C=C\c2ccc(N(c3ccccc3)c3ccc(C=C(c4ccccc4)c4ccccc4)cc3)cc2)cc1. The van der Waals surface area contributed by atoms with Gasteiger partial charge in [0.15, 0.2) is 0 Å². The van der Waals surface area contributed by atoms with E-state index < -0.39 is 5.97 Å². The van der Waals surface area contributed by atoms with E-state index in [-0.39, 0.29) is 0 Å². The van der Waals surface area contributed by atoms with Crippen LogP contribution in [0.25, 0.3) is 23.8 Å². The summed E-state index contributed by atoms with van der Waals surface area (Å²) in [7, 11) is 0. The zero-order valence-electron chi connectivity index (χ0n) is 25.4. The van der Waals surface area contributed by atoms with Gasteiger partial charge >= 0.3 is 5.97 Å². The molecule has 6 rings (SSSR count). The number of para-hydroxylation sites is 1. The van der Waals surface area contributed by atoms with E-state index in [0.29, 0.717) is 5.75 Å². The summed E-state index contributed by atoms with van der Waals surface area (Å²) >= 11 is 0. The Kier molecular flexibility index (Phi) is 9.43. The average Bonchev–Trinajstić information content (AvgIpc) is 3.13. The third kappa shape index (κ3) is 7.47. The van der Waals surface area contributed by atoms with Gasteiger partial charge in [-0.3, -0.25) is 0 Å². The van der Waals surface area contributed by atoms with Gasteiger partial charge in [-0.1, -0.05) is 134 Å². The molecule has 222 valence electrons. The Morgan fingerprint density at radius 2 is 0.913 bits per heavy atom. The molecule has 0 spiro atoms. The fraction of sp³-hybridized carbons (Fsp3) is 0. The number of hydrogen-bond acceptors (Lipinski definition) is 3. The Morgan fingerprint density at radius 3 is 1.39 bits per heavy atom. The van der Waals surface area contributed by atoms with Crippen molar-refractivity contribution < 1.29 is 9.53 Å². The van der Waals surface area contributed by atoms with Crippen LogP contribution in [0.15, 0.2) is 176 Å². The van der Waals surface area contributed by atoms with Gasteiger partial charge in [0.2, 0.25) is 0 Å². The fourth-order valence-electron chi connectivity index (χ4n) is 5.21. The zero-order valence-corrected chi connectivity index (χ0v) is 25.4. The van der Waals surface area contributed by atoms with Gasteiger partial charge in [-0.2, -0.15) is 0 Å². The first-order valence-corrected chi connectivity index (χ1v) is 15.2. The van der Waals surface area contributed by atoms with Crippen molar-refractivity contribution in [2.75, 3.05) is 4.90 Å². The topological polar surface area (TPSA) is 29.5 Å². The lowest BCUT2D eigenvalue weighted by Crippen LogP contribution is -2.09. The van der Waals surface area contributed by atoms with E-state index in [1.807, 2.05) is 36.4 Å². The van der Waals surface area contributed by atoms with Crippen LogP contribution >= 0.6 is 0 Å². The molecule has 3 nitrogen and oxygen atoms in total. The number of benzene rings is 6. The Hall–Kier alpha value is -6.19. The Bertz CT molecular complexity index is 1900. The summed E-state index contributed by atoms with van der Waals surface area (Å²) in [5, 5.41) is 0. The number of nitrogens with zero attached hydrogens (tertiary/aromatic N) is 1. The van der Waals surface area contributed by atoms with Crippen molar-refractivity contribution in [1.82, 2.24) is 0 Å². The van der Waals surface area contributed by atoms with Crippen molar-refractivity contribution in [1.29, 1.82) is 0 Å². The molecule has 0 aromatic heterocycles. The number of anilines is 3. The van der Waals surface area contributed by atoms with Gasteiger partial charge in [-0.15, -0.1) is 0 Å². The molecule has 0 atom stereocenters. The lowest BCUT2D eigenvalue weighted by atomic mass is 9.95. The predicted molar refractivity (Wildman–Crippen MR) is 192 cm³/mol. The molecule has 0 bridgehead atoms. The van der Waals surface area contributed by atoms with E-state index in [0.717, 1.165) is 39.8 Å². The first-order chi connectivity index (χ1) is 22.7. The van der Waals surface area contributed by atoms with Crippen LogP contribution in [-0.2, 0) is 4.79 Å². The highest BCUT2D eigenvalue weighted by Gasteiger charge is 2.12. The minimum atomic E-state index is -0.471. The Balaban J connectivity index is 1.25. The van der Waals surface area contributed by atoms with Gasteiger partial charge in [0, 0.05) is 23.1 Å². The summed E-state index contributed by atoms with van der Waals surface area (Å²) in [6.45, 7) is 3.43. The van der Waals surface area contributed by atoms with Crippen LogP contribution in [0.5, 0.6) is 5.75 Å². The van der Waals surface area contributed by atoms with Crippen LogP contribution in [0, 0.1) is 0 Å². The van der Waals surface area contributed by atoms with Gasteiger partial charge in [0.05, 0.1) is 0 Å². The first-order valence-electron chi connectivity index (χ1n) is 15.2. The molecule has 0 heterocycles. The highest BCUT2D eigenvalue weighted by molar-refractivity contribution is 5.92. The van der Waals surface area contributed by atoms with Crippen molar-refractivity contribution in [3.63, 3.8) is 0 Å². The molecule has 0 aliphatic rings. The molecule has 0 saturated heterocycles. The molecule has 0 aliphatic heterocycles. The molecule has 46 heavy (non-hydrogen) atoms. The third-order valence-electron chi connectivity index (χ3n) is 7.53. The summed E-state index contributed by atoms with van der Waals surface area (Å²) in [4.78, 5) is 13.7. The van der Waals surface area contributed by atoms with Crippen LogP contribution in [0.3, 0.4) is 0 Å². The van der Waals surface area contributed by atoms with Crippen molar-refractivity contribution in [3.05, 3.63) is 204 Å². The number of carbonyl (C=O) groups excluding carboxylic acids is 1. The number of esters is 1. The Morgan fingerprint density at radius 1 is 0.500 bits per heavy atom. The minimum Gasteiger partial charge on any atom is -0.423 e. The number of rotatable bonds is 10. The normalized spacial score (nSPS) is 10.7. The molecular weight excluding hydrogens is 562 g/mol. The predicted octanol–water partition coefficient (Wildman–Crippen LogP) is 11.0. The molecule has 0 saturated carbocycles. The number of carbonyl (C=O) groups is 1. The lowest BCUT2D eigenvalue weighted by Gasteiger charge is -2.25. The maximum atomic E-state index is 11.4. The van der Waals surface area contributed by atoms with E-state index in [9.17, 15) is 4.79 Å². The summed E-state index contributed by atoms with van der Waals surface area (Å²) in [6, 6.07) is 56.0. The molecule has 0 N–H and O–H groups in total. The standard InChI is InChI=1S/C43H33NO2/c1-2-43(45)46-41-30-24-34(25-31-41)19-18-33-20-26-39(27-21-33)44(38-16-10-5-11-17-38)40-28-22-35(23-29-40)32-42(36-12-6-3-7-13-36)37-14-8-4-9-15-37/h2-32H,1H2/b19-18-. The second-order valence-corrected chi connectivity index (χ2v) is 10.7. The quantitative estimate of drug-likeness (QED) is 0.0683. The van der Waals surface area contributed by atoms with Crippen molar-refractivity contribution in [2.24, 2.45) is 0 Å². The van der Waals surface area contributed by atoms with E-state index in [4.69, 9.17) is 4.74 Å². The average molecular weight is 596 g/mol. The van der Waals surface area contributed by atoms with Crippen LogP contribution in [-0.4, -0.2) is 5.97 Å². The van der Waals surface area contributed by atoms with Crippen LogP contribution in [0.4, 0.5) is 17.1 Å². The first kappa shape index (κ1) is 29.9. The highest BCUT2D eigenvalue weighted by atomic mass is 16.5. The minimum absolute atomic E-state index is 0.471. The molecule has 6 aromatic rings. The molecule has 0 amide bonds. The number of hydrogen-bond donors (Lipinski definition) is 0. The second kappa shape index (κ2) is 14.5. The van der Waals surface area contributed by atoms with Crippen LogP contribution < -0.4 is 9.64 Å². The van der Waals surface area contributed by atoms with Gasteiger partial charge < -0.3 is 9.64 Å². The molecule has 0 radical (unpaired) electrons. The maximum absolute atomic E-state index is 11.4. The summed E-state index contributed by atoms with van der Waals surface area (Å²) in [6.07, 6.45) is 7.51. The zero-order chi connectivity index (χ0) is 31.6. The monoisotopic (exact) mass is 595 g/mol. The van der Waals surface area contributed by atoms with Crippen LogP contribution in [0.1, 0.15) is 27.8 Å². The summed E-state index contributed by atoms with van der Waals surface area (Å²) in [5.41, 5.74) is 9.99. The lowest BCUT2D eigenvalue weighted by molar-refractivity contribution is -0.128. The van der Waals surface area contributed by atoms with Crippen molar-refractivity contribution in [3.8, 4) is 5.75 Å². The molecule has 0 aliphatic carbocycles. The molecule has 0 unspecified atom stereocenters. The van der Waals surface area contributed by atoms with Gasteiger partial charge in [-0.25, -0.2) is 4.79 Å². The smallest absolute Gasteiger partial charge is 0.335 e. The van der Waals surface area contributed by atoms with Crippen LogP contribution in [0.2, 0.25) is 0 Å². The summed E-state index contributed by atoms with van der Waals surface area (Å²) < 4.78 is 5.16. The Labute approximate surface area is 270 Å². The molecule has 0 fully saturated rings. The maximum Gasteiger partial charge on any atom is 0.335 e. The third-order valence-corrected chi connectivity index (χ3v) is 7.53. The molecular formula is C43H33NO2. The van der Waals surface area contributed by atoms with Gasteiger partial charge in [-0.05, 0) is 88.0 Å². The molecule has 3 heteroatoms. The highest BCUT2D eigenvalue weighted by Crippen LogP contribution is 2.35. The van der Waals surface area contributed by atoms with Crippen molar-refractivity contribution >= 4 is 46.8 Å². The number of ether oxygens (including phenoxy) is 1. The largest absolute Gasteiger partial charge is 0.423 e. The van der Waals surface area contributed by atoms with Gasteiger partial charge in [0.1, 0.15) is 5.75 Å². The summed E-state index contributed by atoms with van der Waals surface area (Å²) in [5.74, 6) is 0.0188. The second-order valence-electron chi connectivity index (χ2n) is 10.7. The van der Waals surface area contributed by atoms with Gasteiger partial charge in [0.25, 0.3) is 0 Å². The van der Waals surface area contributed by atoms with Crippen molar-refractivity contribution in [2.45, 2.75) is 0 Å². The van der Waals surface area contributed by atoms with E-state index in [2.05, 4.69) is 145 Å². The fourth-order valence-corrected chi connectivity index (χ4v) is 5.21. The molecule has 6 aromatic carbocycles.